The third kappa shape index (κ3) is 5.24. The minimum absolute atomic E-state index is 0.0991. The van der Waals surface area contributed by atoms with Crippen LogP contribution in [0.5, 0.6) is 0 Å². The van der Waals surface area contributed by atoms with Gasteiger partial charge >= 0.3 is 6.09 Å². The average Bonchev–Trinajstić information content (AvgIpc) is 2.32. The highest BCUT2D eigenvalue weighted by Gasteiger charge is 2.21. The monoisotopic (exact) mass is 319 g/mol. The van der Waals surface area contributed by atoms with Crippen molar-refractivity contribution in [1.29, 1.82) is 0 Å². The Hall–Kier alpha value is -1.50. The molecule has 0 aliphatic rings. The lowest BCUT2D eigenvalue weighted by atomic mass is 10.00. The number of benzene rings is 1. The first-order valence-corrected chi connectivity index (χ1v) is 6.53. The number of nitrogens with two attached hydrogens (primary N) is 2. The van der Waals surface area contributed by atoms with Gasteiger partial charge in [0.25, 0.3) is 0 Å². The molecule has 0 heterocycles. The number of carboxylic acid groups (broad SMARTS) is 1. The van der Waals surface area contributed by atoms with Crippen LogP contribution >= 0.6 is 23.2 Å². The molecule has 0 aromatic heterocycles. The molecule has 1 unspecified atom stereocenters. The summed E-state index contributed by atoms with van der Waals surface area (Å²) < 4.78 is 0. The first-order valence-electron chi connectivity index (χ1n) is 5.78. The summed E-state index contributed by atoms with van der Waals surface area (Å²) in [5, 5.41) is 11.5. The van der Waals surface area contributed by atoms with Gasteiger partial charge in [0.15, 0.2) is 0 Å². The third-order valence-corrected chi connectivity index (χ3v) is 3.40. The minimum atomic E-state index is -1.32. The molecule has 110 valence electrons. The van der Waals surface area contributed by atoms with Gasteiger partial charge in [-0.3, -0.25) is 4.79 Å². The maximum absolute atomic E-state index is 11.1. The summed E-state index contributed by atoms with van der Waals surface area (Å²) in [6.07, 6.45) is -0.806. The van der Waals surface area contributed by atoms with E-state index in [1.54, 1.807) is 18.2 Å². The van der Waals surface area contributed by atoms with Gasteiger partial charge in [-0.15, -0.1) is 0 Å². The van der Waals surface area contributed by atoms with Crippen molar-refractivity contribution in [2.45, 2.75) is 24.9 Å². The molecule has 0 aliphatic heterocycles. The molecule has 8 heteroatoms. The van der Waals surface area contributed by atoms with E-state index in [1.165, 1.54) is 0 Å². The molecular formula is C12H15Cl2N3O3. The van der Waals surface area contributed by atoms with E-state index in [-0.39, 0.29) is 6.42 Å². The molecule has 1 rings (SSSR count). The van der Waals surface area contributed by atoms with Crippen LogP contribution in [0.2, 0.25) is 10.0 Å². The fourth-order valence-corrected chi connectivity index (χ4v) is 2.07. The second-order valence-electron chi connectivity index (χ2n) is 4.35. The summed E-state index contributed by atoms with van der Waals surface area (Å²) in [7, 11) is 0. The Morgan fingerprint density at radius 3 is 2.45 bits per heavy atom. The van der Waals surface area contributed by atoms with E-state index in [4.69, 9.17) is 39.8 Å². The molecule has 0 radical (unpaired) electrons. The molecule has 1 aromatic rings. The number of hydrogen-bond acceptors (Lipinski definition) is 3. The summed E-state index contributed by atoms with van der Waals surface area (Å²) in [4.78, 5) is 21.7. The SMILES string of the molecule is NC(=O)C(C[C@H](N)Cc1ccc(Cl)c(Cl)c1)NC(=O)O. The molecule has 0 spiro atoms. The Morgan fingerprint density at radius 2 is 1.95 bits per heavy atom. The highest BCUT2D eigenvalue weighted by Crippen LogP contribution is 2.23. The highest BCUT2D eigenvalue weighted by molar-refractivity contribution is 6.42. The van der Waals surface area contributed by atoms with E-state index in [0.717, 1.165) is 5.56 Å². The Morgan fingerprint density at radius 1 is 1.30 bits per heavy atom. The Bertz CT molecular complexity index is 511. The topological polar surface area (TPSA) is 118 Å². The molecule has 0 aliphatic carbocycles. The van der Waals surface area contributed by atoms with Crippen molar-refractivity contribution in [2.24, 2.45) is 11.5 Å². The van der Waals surface area contributed by atoms with Crippen molar-refractivity contribution in [2.75, 3.05) is 0 Å². The predicted molar refractivity (Wildman–Crippen MR) is 76.9 cm³/mol. The van der Waals surface area contributed by atoms with Crippen molar-refractivity contribution in [3.8, 4) is 0 Å². The molecule has 0 saturated heterocycles. The van der Waals surface area contributed by atoms with E-state index in [0.29, 0.717) is 16.5 Å². The van der Waals surface area contributed by atoms with E-state index < -0.39 is 24.1 Å². The fourth-order valence-electron chi connectivity index (χ4n) is 1.75. The summed E-state index contributed by atoms with van der Waals surface area (Å²) >= 11 is 11.7. The van der Waals surface area contributed by atoms with Gasteiger partial charge < -0.3 is 21.9 Å². The van der Waals surface area contributed by atoms with Gasteiger partial charge in [0.1, 0.15) is 6.04 Å². The lowest BCUT2D eigenvalue weighted by Gasteiger charge is -2.18. The molecule has 2 atom stereocenters. The van der Waals surface area contributed by atoms with Crippen molar-refractivity contribution >= 4 is 35.2 Å². The first-order chi connectivity index (χ1) is 9.29. The fraction of sp³-hybridized carbons (Fsp3) is 0.333. The zero-order chi connectivity index (χ0) is 15.3. The van der Waals surface area contributed by atoms with Crippen LogP contribution in [0, 0.1) is 0 Å². The molecule has 2 amide bonds. The van der Waals surface area contributed by atoms with Gasteiger partial charge in [0.05, 0.1) is 10.0 Å². The number of rotatable bonds is 6. The van der Waals surface area contributed by atoms with Crippen molar-refractivity contribution in [3.63, 3.8) is 0 Å². The molecular weight excluding hydrogens is 305 g/mol. The zero-order valence-corrected chi connectivity index (χ0v) is 12.0. The Kier molecular flexibility index (Phi) is 6.06. The van der Waals surface area contributed by atoms with Crippen molar-refractivity contribution in [1.82, 2.24) is 5.32 Å². The molecule has 0 bridgehead atoms. The lowest BCUT2D eigenvalue weighted by molar-refractivity contribution is -0.120. The van der Waals surface area contributed by atoms with Gasteiger partial charge in [-0.1, -0.05) is 29.3 Å². The lowest BCUT2D eigenvalue weighted by Crippen LogP contribution is -2.47. The molecule has 6 N–H and O–H groups in total. The Balaban J connectivity index is 2.65. The number of hydrogen-bond donors (Lipinski definition) is 4. The average molecular weight is 320 g/mol. The van der Waals surface area contributed by atoms with Crippen LogP contribution in [0.4, 0.5) is 4.79 Å². The first kappa shape index (κ1) is 16.6. The summed E-state index contributed by atoms with van der Waals surface area (Å²) in [6, 6.07) is 3.61. The largest absolute Gasteiger partial charge is 0.465 e. The number of primary amides is 1. The van der Waals surface area contributed by atoms with Crippen LogP contribution in [0.15, 0.2) is 18.2 Å². The predicted octanol–water partition coefficient (Wildman–Crippen LogP) is 1.37. The molecule has 1 aromatic carbocycles. The van der Waals surface area contributed by atoms with Crippen LogP contribution in [0.25, 0.3) is 0 Å². The molecule has 0 fully saturated rings. The quantitative estimate of drug-likeness (QED) is 0.633. The normalized spacial score (nSPS) is 13.6. The number of amides is 2. The maximum Gasteiger partial charge on any atom is 0.405 e. The van der Waals surface area contributed by atoms with Gasteiger partial charge in [0.2, 0.25) is 5.91 Å². The van der Waals surface area contributed by atoms with Crippen molar-refractivity contribution in [3.05, 3.63) is 33.8 Å². The second kappa shape index (κ2) is 7.33. The van der Waals surface area contributed by atoms with Gasteiger partial charge in [-0.05, 0) is 30.5 Å². The molecule has 20 heavy (non-hydrogen) atoms. The summed E-state index contributed by atoms with van der Waals surface area (Å²) in [5.74, 6) is -0.767. The smallest absolute Gasteiger partial charge is 0.405 e. The van der Waals surface area contributed by atoms with E-state index >= 15 is 0 Å². The number of carbonyl (C=O) groups excluding carboxylic acids is 1. The summed E-state index contributed by atoms with van der Waals surface area (Å²) in [5.41, 5.74) is 11.8. The molecule has 6 nitrogen and oxygen atoms in total. The number of halogens is 2. The minimum Gasteiger partial charge on any atom is -0.465 e. The zero-order valence-electron chi connectivity index (χ0n) is 10.5. The standard InChI is InChI=1S/C12H15Cl2N3O3/c13-8-2-1-6(4-9(8)14)3-7(15)5-10(11(16)18)17-12(19)20/h1-2,4,7,10,17H,3,5,15H2,(H2,16,18)(H,19,20)/t7-,10?/m1/s1. The summed E-state index contributed by atoms with van der Waals surface area (Å²) in [6.45, 7) is 0. The maximum atomic E-state index is 11.1. The van der Waals surface area contributed by atoms with E-state index in [9.17, 15) is 9.59 Å². The highest BCUT2D eigenvalue weighted by atomic mass is 35.5. The third-order valence-electron chi connectivity index (χ3n) is 2.66. The van der Waals surface area contributed by atoms with E-state index in [2.05, 4.69) is 0 Å². The van der Waals surface area contributed by atoms with E-state index in [1.807, 2.05) is 5.32 Å². The number of carbonyl (C=O) groups is 2. The van der Waals surface area contributed by atoms with Gasteiger partial charge in [-0.25, -0.2) is 4.79 Å². The van der Waals surface area contributed by atoms with Gasteiger partial charge in [0, 0.05) is 6.04 Å². The van der Waals surface area contributed by atoms with Crippen LogP contribution in [0.1, 0.15) is 12.0 Å². The molecule has 0 saturated carbocycles. The Labute approximate surface area is 126 Å². The van der Waals surface area contributed by atoms with Gasteiger partial charge in [-0.2, -0.15) is 0 Å². The number of nitrogens with one attached hydrogen (secondary N) is 1. The van der Waals surface area contributed by atoms with Crippen molar-refractivity contribution < 1.29 is 14.7 Å². The van der Waals surface area contributed by atoms with Crippen LogP contribution in [0.3, 0.4) is 0 Å². The van der Waals surface area contributed by atoms with Crippen LogP contribution < -0.4 is 16.8 Å². The van der Waals surface area contributed by atoms with Crippen LogP contribution in [-0.2, 0) is 11.2 Å². The second-order valence-corrected chi connectivity index (χ2v) is 5.17. The van der Waals surface area contributed by atoms with Crippen LogP contribution in [-0.4, -0.2) is 29.2 Å².